The third-order valence-electron chi connectivity index (χ3n) is 6.46. The van der Waals surface area contributed by atoms with Crippen molar-refractivity contribution in [3.05, 3.63) is 58.2 Å². The van der Waals surface area contributed by atoms with E-state index in [4.69, 9.17) is 0 Å². The summed E-state index contributed by atoms with van der Waals surface area (Å²) in [4.78, 5) is 27.1. The molecule has 7 nitrogen and oxygen atoms in total. The fraction of sp³-hybridized carbons (Fsp3) is 0.542. The van der Waals surface area contributed by atoms with Crippen LogP contribution in [0.5, 0.6) is 5.75 Å². The zero-order valence-corrected chi connectivity index (χ0v) is 18.1. The van der Waals surface area contributed by atoms with Gasteiger partial charge >= 0.3 is 0 Å². The molecule has 0 fully saturated rings. The summed E-state index contributed by atoms with van der Waals surface area (Å²) in [7, 11) is 0. The van der Waals surface area contributed by atoms with Crippen molar-refractivity contribution in [1.82, 2.24) is 20.0 Å². The minimum atomic E-state index is -0.711. The Morgan fingerprint density at radius 3 is 2.71 bits per heavy atom. The zero-order chi connectivity index (χ0) is 21.7. The molecule has 3 heterocycles. The van der Waals surface area contributed by atoms with Crippen molar-refractivity contribution < 1.29 is 9.90 Å². The van der Waals surface area contributed by atoms with Gasteiger partial charge in [-0.2, -0.15) is 5.10 Å². The summed E-state index contributed by atoms with van der Waals surface area (Å²) >= 11 is 0. The maximum Gasteiger partial charge on any atom is 0.275 e. The Morgan fingerprint density at radius 2 is 1.81 bits per heavy atom. The van der Waals surface area contributed by atoms with Crippen LogP contribution in [0.25, 0.3) is 0 Å². The van der Waals surface area contributed by atoms with Crippen molar-refractivity contribution in [2.24, 2.45) is 0 Å². The minimum absolute atomic E-state index is 0.0991. The molecule has 1 aliphatic carbocycles. The number of amides is 1. The Kier molecular flexibility index (Phi) is 6.59. The lowest BCUT2D eigenvalue weighted by Crippen LogP contribution is -2.42. The number of nitrogens with zero attached hydrogens (tertiary/aromatic N) is 3. The second kappa shape index (κ2) is 9.54. The molecule has 4 rings (SSSR count). The van der Waals surface area contributed by atoms with Crippen molar-refractivity contribution in [2.45, 2.75) is 69.9 Å². The molecule has 1 aromatic heterocycles. The molecule has 2 aliphatic heterocycles. The minimum Gasteiger partial charge on any atom is -0.503 e. The second-order valence-corrected chi connectivity index (χ2v) is 8.79. The summed E-state index contributed by atoms with van der Waals surface area (Å²) < 4.78 is 1.51. The predicted octanol–water partition coefficient (Wildman–Crippen LogP) is 3.27. The molecule has 0 saturated carbocycles. The summed E-state index contributed by atoms with van der Waals surface area (Å²) in [6, 6.07) is 0. The van der Waals surface area contributed by atoms with Gasteiger partial charge in [0.15, 0.2) is 11.4 Å². The number of nitrogens with one attached hydrogen (secondary N) is 1. The van der Waals surface area contributed by atoms with Gasteiger partial charge in [0.25, 0.3) is 11.3 Å². The van der Waals surface area contributed by atoms with E-state index >= 15 is 0 Å². The molecule has 1 spiro atoms. The maximum absolute atomic E-state index is 12.4. The van der Waals surface area contributed by atoms with E-state index in [2.05, 4.69) is 45.8 Å². The van der Waals surface area contributed by atoms with Crippen molar-refractivity contribution in [3.63, 3.8) is 0 Å². The molecule has 31 heavy (non-hydrogen) atoms. The number of rotatable bonds is 0. The largest absolute Gasteiger partial charge is 0.503 e. The van der Waals surface area contributed by atoms with Gasteiger partial charge in [0, 0.05) is 19.6 Å². The van der Waals surface area contributed by atoms with Crippen molar-refractivity contribution in [2.75, 3.05) is 13.1 Å². The van der Waals surface area contributed by atoms with Gasteiger partial charge in [0.2, 0.25) is 0 Å². The van der Waals surface area contributed by atoms with Crippen LogP contribution in [0.2, 0.25) is 0 Å². The molecule has 4 bridgehead atoms. The van der Waals surface area contributed by atoms with Crippen LogP contribution in [-0.2, 0) is 6.54 Å². The number of hydrogen-bond acceptors (Lipinski definition) is 5. The molecule has 1 unspecified atom stereocenters. The first kappa shape index (κ1) is 21.4. The normalized spacial score (nSPS) is 25.1. The van der Waals surface area contributed by atoms with E-state index in [9.17, 15) is 14.7 Å². The average Bonchev–Trinajstić information content (AvgIpc) is 3.13. The Balaban J connectivity index is 1.48. The average molecular weight is 425 g/mol. The van der Waals surface area contributed by atoms with Crippen LogP contribution < -0.4 is 10.7 Å². The summed E-state index contributed by atoms with van der Waals surface area (Å²) in [6.07, 6.45) is 21.9. The lowest BCUT2D eigenvalue weighted by atomic mass is 9.84. The highest BCUT2D eigenvalue weighted by Crippen LogP contribution is 2.37. The standard InChI is InChI=1S/C24H32N4O3/c29-20-18-28-16-6-2-5-14-27-15-8-12-24(27)11-7-10-19(17-24)9-3-1-4-13-25-23(31)21(26-28)22(20)30/h7-8,10,15,17-18,29H,1-6,9,11-14,16H2,(H,25,31). The Morgan fingerprint density at radius 1 is 1.00 bits per heavy atom. The number of allylic oxidation sites excluding steroid dienone is 2. The SMILES string of the molecule is O=C1NCCCCCC2=CC3(CC=C2)CC=CN3CCCCCn2cc(O)c(=O)c1n2. The fourth-order valence-electron chi connectivity index (χ4n) is 4.75. The number of aromatic nitrogens is 2. The molecule has 3 aliphatic rings. The zero-order valence-electron chi connectivity index (χ0n) is 18.1. The van der Waals surface area contributed by atoms with Crippen LogP contribution in [-0.4, -0.2) is 44.3 Å². The van der Waals surface area contributed by atoms with Crippen LogP contribution in [0, 0.1) is 0 Å². The molecular formula is C24H32N4O3. The summed E-state index contributed by atoms with van der Waals surface area (Å²) in [5.74, 6) is -0.942. The summed E-state index contributed by atoms with van der Waals surface area (Å²) in [5.41, 5.74) is 0.565. The number of carbonyl (C=O) groups is 1. The quantitative estimate of drug-likeness (QED) is 0.667. The van der Waals surface area contributed by atoms with Gasteiger partial charge in [-0.05, 0) is 63.1 Å². The third-order valence-corrected chi connectivity index (χ3v) is 6.46. The lowest BCUT2D eigenvalue weighted by molar-refractivity contribution is 0.0943. The van der Waals surface area contributed by atoms with E-state index in [1.807, 2.05) is 0 Å². The van der Waals surface area contributed by atoms with Crippen molar-refractivity contribution >= 4 is 5.91 Å². The van der Waals surface area contributed by atoms with Crippen LogP contribution in [0.1, 0.15) is 68.3 Å². The Labute approximate surface area is 183 Å². The second-order valence-electron chi connectivity index (χ2n) is 8.79. The Bertz CT molecular complexity index is 962. The van der Waals surface area contributed by atoms with Gasteiger partial charge in [0.05, 0.1) is 11.7 Å². The molecule has 0 saturated heterocycles. The van der Waals surface area contributed by atoms with E-state index in [0.717, 1.165) is 64.3 Å². The lowest BCUT2D eigenvalue weighted by Gasteiger charge is -2.39. The number of aromatic hydroxyl groups is 1. The predicted molar refractivity (Wildman–Crippen MR) is 120 cm³/mol. The molecule has 1 aromatic rings. The number of aryl methyl sites for hydroxylation is 1. The van der Waals surface area contributed by atoms with Crippen LogP contribution in [0.4, 0.5) is 0 Å². The molecule has 0 aromatic carbocycles. The Hall–Kier alpha value is -2.83. The number of fused-ring (bicyclic) bond motifs is 2. The first-order valence-electron chi connectivity index (χ1n) is 11.5. The highest BCUT2D eigenvalue weighted by molar-refractivity contribution is 5.92. The smallest absolute Gasteiger partial charge is 0.275 e. The van der Waals surface area contributed by atoms with E-state index in [-0.39, 0.29) is 11.2 Å². The molecular weight excluding hydrogens is 392 g/mol. The molecule has 7 heteroatoms. The van der Waals surface area contributed by atoms with E-state index in [1.165, 1.54) is 16.5 Å². The first-order chi connectivity index (χ1) is 15.1. The van der Waals surface area contributed by atoms with Gasteiger partial charge < -0.3 is 15.3 Å². The van der Waals surface area contributed by atoms with Gasteiger partial charge in [-0.3, -0.25) is 14.3 Å². The van der Waals surface area contributed by atoms with Gasteiger partial charge in [-0.1, -0.05) is 30.7 Å². The van der Waals surface area contributed by atoms with E-state index < -0.39 is 17.1 Å². The number of carbonyl (C=O) groups excluding carboxylic acids is 1. The highest BCUT2D eigenvalue weighted by Gasteiger charge is 2.35. The molecule has 0 radical (unpaired) electrons. The summed E-state index contributed by atoms with van der Waals surface area (Å²) in [5, 5.41) is 16.9. The number of hydrogen-bond donors (Lipinski definition) is 2. The van der Waals surface area contributed by atoms with E-state index in [0.29, 0.717) is 13.1 Å². The fourth-order valence-corrected chi connectivity index (χ4v) is 4.75. The monoisotopic (exact) mass is 424 g/mol. The van der Waals surface area contributed by atoms with Gasteiger partial charge in [0.1, 0.15) is 0 Å². The highest BCUT2D eigenvalue weighted by atomic mass is 16.3. The maximum atomic E-state index is 12.4. The van der Waals surface area contributed by atoms with Crippen LogP contribution >= 0.6 is 0 Å². The van der Waals surface area contributed by atoms with Crippen LogP contribution in [0.15, 0.2) is 47.1 Å². The van der Waals surface area contributed by atoms with Gasteiger partial charge in [-0.25, -0.2) is 0 Å². The molecule has 166 valence electrons. The first-order valence-corrected chi connectivity index (χ1v) is 11.5. The van der Waals surface area contributed by atoms with Gasteiger partial charge in [-0.15, -0.1) is 0 Å². The molecule has 1 atom stereocenters. The van der Waals surface area contributed by atoms with Crippen LogP contribution in [0.3, 0.4) is 0 Å². The summed E-state index contributed by atoms with van der Waals surface area (Å²) in [6.45, 7) is 2.05. The topological polar surface area (TPSA) is 87.5 Å². The molecule has 1 amide bonds. The van der Waals surface area contributed by atoms with E-state index in [1.54, 1.807) is 0 Å². The van der Waals surface area contributed by atoms with Crippen molar-refractivity contribution in [3.8, 4) is 5.75 Å². The van der Waals surface area contributed by atoms with Crippen molar-refractivity contribution in [1.29, 1.82) is 0 Å². The third kappa shape index (κ3) is 4.92. The molecule has 2 N–H and O–H groups in total.